The number of hydrogen-bond acceptors (Lipinski definition) is 4. The van der Waals surface area contributed by atoms with Gasteiger partial charge in [0.05, 0.1) is 17.7 Å². The molecule has 2 aromatic heterocycles. The van der Waals surface area contributed by atoms with Crippen LogP contribution in [-0.4, -0.2) is 15.0 Å². The summed E-state index contributed by atoms with van der Waals surface area (Å²) in [5, 5.41) is 0. The lowest BCUT2D eigenvalue weighted by molar-refractivity contribution is 0.256. The first kappa shape index (κ1) is 24.2. The van der Waals surface area contributed by atoms with Crippen LogP contribution in [0.25, 0.3) is 33.6 Å². The van der Waals surface area contributed by atoms with Crippen LogP contribution >= 0.6 is 0 Å². The molecule has 0 fully saturated rings. The van der Waals surface area contributed by atoms with Gasteiger partial charge in [-0.2, -0.15) is 0 Å². The second-order valence-electron chi connectivity index (χ2n) is 9.12. The summed E-state index contributed by atoms with van der Waals surface area (Å²) < 4.78 is 12.6. The Hall–Kier alpha value is -5.16. The van der Waals surface area contributed by atoms with Crippen molar-refractivity contribution in [3.63, 3.8) is 0 Å². The monoisotopic (exact) mass is 509 g/mol. The second kappa shape index (κ2) is 11.5. The average Bonchev–Trinajstić information content (AvgIpc) is 3.51. The molecule has 0 bridgehead atoms. The van der Waals surface area contributed by atoms with Crippen molar-refractivity contribution in [2.75, 3.05) is 0 Å². The first-order valence-corrected chi connectivity index (χ1v) is 12.9. The Balaban J connectivity index is 1.36. The Morgan fingerprint density at radius 1 is 0.564 bits per heavy atom. The molecule has 6 aromatic rings. The summed E-state index contributed by atoms with van der Waals surface area (Å²) in [6.45, 7) is 0.905. The first-order valence-electron chi connectivity index (χ1n) is 12.9. The van der Waals surface area contributed by atoms with E-state index in [4.69, 9.17) is 9.47 Å². The van der Waals surface area contributed by atoms with Crippen LogP contribution in [0.2, 0.25) is 0 Å². The van der Waals surface area contributed by atoms with Gasteiger partial charge in [-0.25, -0.2) is 4.98 Å². The topological polar surface area (TPSA) is 60.0 Å². The molecule has 39 heavy (non-hydrogen) atoms. The van der Waals surface area contributed by atoms with Crippen LogP contribution in [0.5, 0.6) is 11.5 Å². The Bertz CT molecular complexity index is 1650. The van der Waals surface area contributed by atoms with E-state index in [0.29, 0.717) is 24.7 Å². The number of nitrogens with one attached hydrogen (secondary N) is 1. The van der Waals surface area contributed by atoms with Crippen molar-refractivity contribution in [2.45, 2.75) is 13.2 Å². The molecule has 0 aliphatic rings. The van der Waals surface area contributed by atoms with E-state index < -0.39 is 0 Å². The van der Waals surface area contributed by atoms with E-state index >= 15 is 0 Å². The molecule has 0 unspecified atom stereocenters. The number of imidazole rings is 1. The van der Waals surface area contributed by atoms with Gasteiger partial charge in [0.2, 0.25) is 0 Å². The molecular formula is C34H27N3O2. The fourth-order valence-corrected chi connectivity index (χ4v) is 4.56. The summed E-state index contributed by atoms with van der Waals surface area (Å²) in [6, 6.07) is 38.7. The largest absolute Gasteiger partial charge is 0.485 e. The second-order valence-corrected chi connectivity index (χ2v) is 9.12. The van der Waals surface area contributed by atoms with E-state index in [1.165, 1.54) is 0 Å². The fraction of sp³-hybridized carbons (Fsp3) is 0.0588. The van der Waals surface area contributed by atoms with Crippen molar-refractivity contribution in [2.24, 2.45) is 0 Å². The summed E-state index contributed by atoms with van der Waals surface area (Å²) in [7, 11) is 0. The third-order valence-electron chi connectivity index (χ3n) is 6.52. The van der Waals surface area contributed by atoms with Crippen LogP contribution in [0, 0.1) is 0 Å². The summed E-state index contributed by atoms with van der Waals surface area (Å²) in [5.74, 6) is 1.40. The molecule has 5 nitrogen and oxygen atoms in total. The molecule has 0 spiro atoms. The Labute approximate surface area is 227 Å². The summed E-state index contributed by atoms with van der Waals surface area (Å²) in [4.78, 5) is 12.1. The molecule has 4 aromatic carbocycles. The van der Waals surface area contributed by atoms with Gasteiger partial charge in [0, 0.05) is 23.5 Å². The van der Waals surface area contributed by atoms with Crippen molar-refractivity contribution >= 4 is 0 Å². The van der Waals surface area contributed by atoms with Crippen LogP contribution in [0.1, 0.15) is 11.1 Å². The van der Waals surface area contributed by atoms with Crippen molar-refractivity contribution in [1.29, 1.82) is 0 Å². The lowest BCUT2D eigenvalue weighted by Gasteiger charge is -2.16. The smallest absolute Gasteiger partial charge is 0.162 e. The maximum Gasteiger partial charge on any atom is 0.162 e. The van der Waals surface area contributed by atoms with E-state index in [-0.39, 0.29) is 0 Å². The minimum Gasteiger partial charge on any atom is -0.485 e. The Morgan fingerprint density at radius 2 is 1.18 bits per heavy atom. The number of hydrogen-bond donors (Lipinski definition) is 1. The van der Waals surface area contributed by atoms with Crippen LogP contribution in [0.3, 0.4) is 0 Å². The molecule has 0 amide bonds. The third-order valence-corrected chi connectivity index (χ3v) is 6.52. The molecule has 190 valence electrons. The van der Waals surface area contributed by atoms with Crippen molar-refractivity contribution in [3.8, 4) is 45.1 Å². The zero-order valence-electron chi connectivity index (χ0n) is 21.3. The minimum absolute atomic E-state index is 0.445. The number of rotatable bonds is 9. The number of pyridine rings is 1. The van der Waals surface area contributed by atoms with Gasteiger partial charge >= 0.3 is 0 Å². The van der Waals surface area contributed by atoms with Crippen LogP contribution < -0.4 is 9.47 Å². The molecular weight excluding hydrogens is 482 g/mol. The third kappa shape index (κ3) is 5.58. The number of H-pyrrole nitrogens is 1. The van der Waals surface area contributed by atoms with Gasteiger partial charge in [-0.3, -0.25) is 4.98 Å². The van der Waals surface area contributed by atoms with Crippen LogP contribution in [0.15, 0.2) is 134 Å². The summed E-state index contributed by atoms with van der Waals surface area (Å²) in [5.41, 5.74) is 8.18. The van der Waals surface area contributed by atoms with Crippen molar-refractivity contribution < 1.29 is 9.47 Å². The molecule has 5 heteroatoms. The van der Waals surface area contributed by atoms with Gasteiger partial charge in [0.15, 0.2) is 11.5 Å². The van der Waals surface area contributed by atoms with Gasteiger partial charge in [0.25, 0.3) is 0 Å². The standard InChI is InChI=1S/C34H27N3O2/c1-3-9-25(10-4-1)22-38-31-16-15-28(21-32(31)39-23-26-11-5-2-6-12-26)29-13-7-8-14-30(29)34-33(36-24-37-34)27-17-19-35-20-18-27/h1-21,24H,22-23H2,(H,36,37). The van der Waals surface area contributed by atoms with E-state index in [0.717, 1.165) is 44.8 Å². The molecule has 0 atom stereocenters. The molecule has 0 radical (unpaired) electrons. The maximum absolute atomic E-state index is 6.35. The molecule has 6 rings (SSSR count). The van der Waals surface area contributed by atoms with E-state index in [2.05, 4.69) is 63.5 Å². The molecule has 2 heterocycles. The van der Waals surface area contributed by atoms with E-state index in [1.54, 1.807) is 18.7 Å². The predicted octanol–water partition coefficient (Wildman–Crippen LogP) is 7.96. The van der Waals surface area contributed by atoms with Crippen LogP contribution in [-0.2, 0) is 13.2 Å². The highest BCUT2D eigenvalue weighted by Crippen LogP contribution is 2.39. The number of ether oxygens (including phenoxy) is 2. The number of aromatic amines is 1. The molecule has 1 N–H and O–H groups in total. The number of nitrogens with zero attached hydrogens (tertiary/aromatic N) is 2. The van der Waals surface area contributed by atoms with Gasteiger partial charge in [-0.15, -0.1) is 0 Å². The van der Waals surface area contributed by atoms with Crippen molar-refractivity contribution in [1.82, 2.24) is 15.0 Å². The highest BCUT2D eigenvalue weighted by molar-refractivity contribution is 5.88. The van der Waals surface area contributed by atoms with Gasteiger partial charge < -0.3 is 14.5 Å². The molecule has 0 saturated heterocycles. The maximum atomic E-state index is 6.35. The number of benzene rings is 4. The Morgan fingerprint density at radius 3 is 1.87 bits per heavy atom. The van der Waals surface area contributed by atoms with Crippen LogP contribution in [0.4, 0.5) is 0 Å². The number of aromatic nitrogens is 3. The van der Waals surface area contributed by atoms with Gasteiger partial charge in [-0.1, -0.05) is 91.0 Å². The lowest BCUT2D eigenvalue weighted by atomic mass is 9.95. The lowest BCUT2D eigenvalue weighted by Crippen LogP contribution is -2.01. The van der Waals surface area contributed by atoms with Crippen molar-refractivity contribution in [3.05, 3.63) is 145 Å². The summed E-state index contributed by atoms with van der Waals surface area (Å²) in [6.07, 6.45) is 5.30. The molecule has 0 aliphatic carbocycles. The minimum atomic E-state index is 0.445. The zero-order valence-corrected chi connectivity index (χ0v) is 21.3. The van der Waals surface area contributed by atoms with Gasteiger partial charge in [0.1, 0.15) is 13.2 Å². The predicted molar refractivity (Wildman–Crippen MR) is 154 cm³/mol. The first-order chi connectivity index (χ1) is 19.3. The normalized spacial score (nSPS) is 10.8. The molecule has 0 saturated carbocycles. The molecule has 0 aliphatic heterocycles. The van der Waals surface area contributed by atoms with E-state index in [9.17, 15) is 0 Å². The quantitative estimate of drug-likeness (QED) is 0.215. The zero-order chi connectivity index (χ0) is 26.3. The SMILES string of the molecule is c1ccc(COc2ccc(-c3ccccc3-c3[nH]cnc3-c3ccncc3)cc2OCc2ccccc2)cc1. The fourth-order valence-electron chi connectivity index (χ4n) is 4.56. The van der Waals surface area contributed by atoms with E-state index in [1.807, 2.05) is 66.7 Å². The highest BCUT2D eigenvalue weighted by Gasteiger charge is 2.16. The van der Waals surface area contributed by atoms with Gasteiger partial charge in [-0.05, 0) is 46.5 Å². The highest BCUT2D eigenvalue weighted by atomic mass is 16.5. The Kier molecular flexibility index (Phi) is 7.12. The summed E-state index contributed by atoms with van der Waals surface area (Å²) >= 11 is 0. The average molecular weight is 510 g/mol.